The molecular weight excluding hydrogens is 358 g/mol. The van der Waals surface area contributed by atoms with E-state index < -0.39 is 0 Å². The van der Waals surface area contributed by atoms with E-state index in [1.54, 1.807) is 12.3 Å². The summed E-state index contributed by atoms with van der Waals surface area (Å²) in [4.78, 5) is 10.2. The minimum atomic E-state index is -0.265. The van der Waals surface area contributed by atoms with Crippen LogP contribution >= 0.6 is 22.6 Å². The summed E-state index contributed by atoms with van der Waals surface area (Å²) in [6.07, 6.45) is 4.03. The third kappa shape index (κ3) is 3.60. The Balaban J connectivity index is 2.38. The fourth-order valence-electron chi connectivity index (χ4n) is 1.76. The van der Waals surface area contributed by atoms with Crippen LogP contribution in [0.4, 0.5) is 15.9 Å². The quantitative estimate of drug-likeness (QED) is 0.821. The average Bonchev–Trinajstić information content (AvgIpc) is 2.41. The second-order valence-electron chi connectivity index (χ2n) is 3.97. The molecule has 1 heterocycles. The van der Waals surface area contributed by atoms with E-state index in [0.717, 1.165) is 21.5 Å². The molecule has 2 aromatic rings. The van der Waals surface area contributed by atoms with E-state index in [0.29, 0.717) is 13.1 Å². The molecule has 0 unspecified atom stereocenters. The van der Waals surface area contributed by atoms with Crippen molar-refractivity contribution in [3.8, 4) is 0 Å². The van der Waals surface area contributed by atoms with E-state index in [9.17, 15) is 4.39 Å². The molecule has 0 aliphatic rings. The maximum atomic E-state index is 13.4. The van der Waals surface area contributed by atoms with Crippen LogP contribution in [0.1, 0.15) is 6.42 Å². The molecule has 6 heteroatoms. The van der Waals surface area contributed by atoms with Crippen LogP contribution in [0, 0.1) is 9.39 Å². The number of nitrogens with two attached hydrogens (primary N) is 1. The molecule has 0 aliphatic heterocycles. The molecule has 0 fully saturated rings. The van der Waals surface area contributed by atoms with Crippen LogP contribution in [-0.4, -0.2) is 23.1 Å². The smallest absolute Gasteiger partial charge is 0.149 e. The third-order valence-corrected chi connectivity index (χ3v) is 3.37. The van der Waals surface area contributed by atoms with Crippen LogP contribution in [0.2, 0.25) is 0 Å². The highest BCUT2D eigenvalue weighted by Crippen LogP contribution is 2.27. The van der Waals surface area contributed by atoms with Gasteiger partial charge in [0.25, 0.3) is 0 Å². The molecule has 0 spiro atoms. The summed E-state index contributed by atoms with van der Waals surface area (Å²) in [7, 11) is 0. The van der Waals surface area contributed by atoms with Crippen molar-refractivity contribution in [2.75, 3.05) is 18.0 Å². The number of benzene rings is 1. The van der Waals surface area contributed by atoms with E-state index in [2.05, 4.69) is 32.6 Å². The van der Waals surface area contributed by atoms with Crippen LogP contribution < -0.4 is 10.6 Å². The van der Waals surface area contributed by atoms with Crippen LogP contribution in [-0.2, 0) is 0 Å². The van der Waals surface area contributed by atoms with Crippen molar-refractivity contribution < 1.29 is 4.39 Å². The Morgan fingerprint density at radius 2 is 2.21 bits per heavy atom. The van der Waals surface area contributed by atoms with Crippen LogP contribution in [0.5, 0.6) is 0 Å². The first kappa shape index (κ1) is 14.1. The summed E-state index contributed by atoms with van der Waals surface area (Å²) in [6, 6.07) is 6.47. The second-order valence-corrected chi connectivity index (χ2v) is 5.13. The topological polar surface area (TPSA) is 55.0 Å². The molecule has 1 aromatic heterocycles. The van der Waals surface area contributed by atoms with Gasteiger partial charge in [0.2, 0.25) is 0 Å². The molecule has 100 valence electrons. The molecule has 4 nitrogen and oxygen atoms in total. The molecule has 0 saturated heterocycles. The fraction of sp³-hybridized carbons (Fsp3) is 0.231. The Bertz CT molecular complexity index is 550. The standard InChI is InChI=1S/C13H14FIN4/c14-10-3-1-4-11(7-10)19(6-2-5-16)13-12(15)8-17-9-18-13/h1,3-4,7-9H,2,5-6,16H2. The Labute approximate surface area is 125 Å². The molecule has 19 heavy (non-hydrogen) atoms. The van der Waals surface area contributed by atoms with Gasteiger partial charge >= 0.3 is 0 Å². The number of rotatable bonds is 5. The molecule has 1 aromatic carbocycles. The van der Waals surface area contributed by atoms with Gasteiger partial charge in [0.1, 0.15) is 18.0 Å². The lowest BCUT2D eigenvalue weighted by atomic mass is 10.2. The lowest BCUT2D eigenvalue weighted by Gasteiger charge is -2.24. The summed E-state index contributed by atoms with van der Waals surface area (Å²) in [5, 5.41) is 0. The first-order chi connectivity index (χ1) is 9.22. The van der Waals surface area contributed by atoms with Crippen molar-refractivity contribution in [3.05, 3.63) is 46.2 Å². The highest BCUT2D eigenvalue weighted by atomic mass is 127. The van der Waals surface area contributed by atoms with Gasteiger partial charge in [-0.1, -0.05) is 6.07 Å². The monoisotopic (exact) mass is 372 g/mol. The van der Waals surface area contributed by atoms with Crippen LogP contribution in [0.3, 0.4) is 0 Å². The third-order valence-electron chi connectivity index (χ3n) is 2.61. The predicted molar refractivity (Wildman–Crippen MR) is 81.8 cm³/mol. The van der Waals surface area contributed by atoms with Gasteiger partial charge in [0.05, 0.1) is 3.57 Å². The molecule has 0 radical (unpaired) electrons. The first-order valence-electron chi connectivity index (χ1n) is 5.91. The molecular formula is C13H14FIN4. The van der Waals surface area contributed by atoms with Gasteiger partial charge in [0, 0.05) is 18.4 Å². The minimum Gasteiger partial charge on any atom is -0.330 e. The van der Waals surface area contributed by atoms with Crippen molar-refractivity contribution in [1.29, 1.82) is 0 Å². The zero-order valence-electron chi connectivity index (χ0n) is 10.3. The fourth-order valence-corrected chi connectivity index (χ4v) is 2.35. The number of hydrogen-bond donors (Lipinski definition) is 1. The summed E-state index contributed by atoms with van der Waals surface area (Å²) < 4.78 is 14.3. The van der Waals surface area contributed by atoms with Gasteiger partial charge in [-0.05, 0) is 53.8 Å². The normalized spacial score (nSPS) is 10.5. The van der Waals surface area contributed by atoms with Crippen molar-refractivity contribution in [3.63, 3.8) is 0 Å². The zero-order chi connectivity index (χ0) is 13.7. The zero-order valence-corrected chi connectivity index (χ0v) is 12.4. The second kappa shape index (κ2) is 6.76. The average molecular weight is 372 g/mol. The summed E-state index contributed by atoms with van der Waals surface area (Å²) in [5.41, 5.74) is 6.33. The summed E-state index contributed by atoms with van der Waals surface area (Å²) >= 11 is 2.17. The van der Waals surface area contributed by atoms with Gasteiger partial charge in [0.15, 0.2) is 0 Å². The first-order valence-corrected chi connectivity index (χ1v) is 6.99. The Morgan fingerprint density at radius 3 is 2.89 bits per heavy atom. The van der Waals surface area contributed by atoms with E-state index >= 15 is 0 Å². The molecule has 2 rings (SSSR count). The van der Waals surface area contributed by atoms with E-state index in [1.807, 2.05) is 11.0 Å². The van der Waals surface area contributed by atoms with Crippen LogP contribution in [0.25, 0.3) is 0 Å². The molecule has 0 bridgehead atoms. The van der Waals surface area contributed by atoms with Gasteiger partial charge in [-0.3, -0.25) is 0 Å². The van der Waals surface area contributed by atoms with E-state index in [-0.39, 0.29) is 5.82 Å². The molecule has 0 amide bonds. The molecule has 2 N–H and O–H groups in total. The van der Waals surface area contributed by atoms with E-state index in [4.69, 9.17) is 5.73 Å². The number of hydrogen-bond acceptors (Lipinski definition) is 4. The number of aromatic nitrogens is 2. The summed E-state index contributed by atoms with van der Waals surface area (Å²) in [5.74, 6) is 0.508. The Kier molecular flexibility index (Phi) is 5.03. The van der Waals surface area contributed by atoms with Crippen molar-refractivity contribution in [2.24, 2.45) is 5.73 Å². The van der Waals surface area contributed by atoms with Gasteiger partial charge in [-0.15, -0.1) is 0 Å². The van der Waals surface area contributed by atoms with Gasteiger partial charge in [-0.25, -0.2) is 14.4 Å². The Morgan fingerprint density at radius 1 is 1.37 bits per heavy atom. The van der Waals surface area contributed by atoms with Crippen molar-refractivity contribution in [1.82, 2.24) is 9.97 Å². The molecule has 0 saturated carbocycles. The van der Waals surface area contributed by atoms with Crippen molar-refractivity contribution in [2.45, 2.75) is 6.42 Å². The molecule has 0 aliphatic carbocycles. The predicted octanol–water partition coefficient (Wildman–Crippen LogP) is 2.71. The maximum absolute atomic E-state index is 13.4. The highest BCUT2D eigenvalue weighted by Gasteiger charge is 2.14. The lowest BCUT2D eigenvalue weighted by Crippen LogP contribution is -2.23. The largest absolute Gasteiger partial charge is 0.330 e. The Hall–Kier alpha value is -1.28. The van der Waals surface area contributed by atoms with Gasteiger partial charge < -0.3 is 10.6 Å². The number of anilines is 2. The van der Waals surface area contributed by atoms with E-state index in [1.165, 1.54) is 18.5 Å². The van der Waals surface area contributed by atoms with Gasteiger partial charge in [-0.2, -0.15) is 0 Å². The minimum absolute atomic E-state index is 0.265. The number of nitrogens with zero attached hydrogens (tertiary/aromatic N) is 3. The lowest BCUT2D eigenvalue weighted by molar-refractivity contribution is 0.627. The highest BCUT2D eigenvalue weighted by molar-refractivity contribution is 14.1. The number of halogens is 2. The summed E-state index contributed by atoms with van der Waals surface area (Å²) in [6.45, 7) is 1.26. The SMILES string of the molecule is NCCCN(c1cccc(F)c1)c1ncncc1I. The molecule has 0 atom stereocenters. The van der Waals surface area contributed by atoms with Crippen LogP contribution in [0.15, 0.2) is 36.8 Å². The maximum Gasteiger partial charge on any atom is 0.149 e. The van der Waals surface area contributed by atoms with Crippen molar-refractivity contribution >= 4 is 34.1 Å².